The van der Waals surface area contributed by atoms with E-state index in [0.717, 1.165) is 18.7 Å². The molecule has 0 aromatic heterocycles. The predicted molar refractivity (Wildman–Crippen MR) is 98.5 cm³/mol. The van der Waals surface area contributed by atoms with Crippen LogP contribution < -0.4 is 16.0 Å². The summed E-state index contributed by atoms with van der Waals surface area (Å²) in [6.45, 7) is 1.04. The van der Waals surface area contributed by atoms with Crippen LogP contribution in [0.25, 0.3) is 0 Å². The first kappa shape index (κ1) is 18.3. The van der Waals surface area contributed by atoms with Crippen molar-refractivity contribution < 1.29 is 14.3 Å². The average molecular weight is 341 g/mol. The van der Waals surface area contributed by atoms with Crippen molar-refractivity contribution in [2.24, 2.45) is 0 Å². The number of rotatable bonds is 8. The molecule has 0 bridgehead atoms. The summed E-state index contributed by atoms with van der Waals surface area (Å²) in [6.07, 6.45) is 0.795. The van der Waals surface area contributed by atoms with Gasteiger partial charge in [-0.25, -0.2) is 4.79 Å². The van der Waals surface area contributed by atoms with Crippen molar-refractivity contribution >= 4 is 23.3 Å². The number of amides is 1. The molecule has 1 amide bonds. The van der Waals surface area contributed by atoms with E-state index in [1.165, 1.54) is 0 Å². The summed E-state index contributed by atoms with van der Waals surface area (Å²) >= 11 is 0. The van der Waals surface area contributed by atoms with E-state index < -0.39 is 5.97 Å². The number of carbonyl (C=O) groups excluding carboxylic acids is 2. The number of nitrogens with one attached hydrogen (secondary N) is 1. The number of hydrogen-bond donors (Lipinski definition) is 2. The van der Waals surface area contributed by atoms with Crippen molar-refractivity contribution in [3.05, 3.63) is 60.2 Å². The Morgan fingerprint density at radius 1 is 1.08 bits per heavy atom. The van der Waals surface area contributed by atoms with Crippen molar-refractivity contribution in [3.8, 4) is 0 Å². The van der Waals surface area contributed by atoms with Gasteiger partial charge in [0.2, 0.25) is 0 Å². The molecular formula is C19H23N3O3. The van der Waals surface area contributed by atoms with Gasteiger partial charge in [0, 0.05) is 31.5 Å². The van der Waals surface area contributed by atoms with Crippen LogP contribution in [0, 0.1) is 0 Å². The Balaban J connectivity index is 1.62. The fourth-order valence-electron chi connectivity index (χ4n) is 2.24. The number of benzene rings is 2. The van der Waals surface area contributed by atoms with Gasteiger partial charge < -0.3 is 20.7 Å². The molecule has 0 aliphatic heterocycles. The third-order valence-corrected chi connectivity index (χ3v) is 3.67. The highest BCUT2D eigenvalue weighted by molar-refractivity contribution is 5.91. The van der Waals surface area contributed by atoms with Gasteiger partial charge in [-0.15, -0.1) is 0 Å². The third kappa shape index (κ3) is 6.18. The molecule has 132 valence electrons. The number of nitrogen functional groups attached to an aromatic ring is 1. The van der Waals surface area contributed by atoms with E-state index in [0.29, 0.717) is 17.8 Å². The lowest BCUT2D eigenvalue weighted by molar-refractivity contribution is -0.124. The molecule has 0 spiro atoms. The van der Waals surface area contributed by atoms with Crippen LogP contribution in [0.5, 0.6) is 0 Å². The second-order valence-corrected chi connectivity index (χ2v) is 5.66. The summed E-state index contributed by atoms with van der Waals surface area (Å²) in [6, 6.07) is 16.4. The number of anilines is 2. The maximum atomic E-state index is 11.8. The molecule has 0 saturated heterocycles. The molecule has 6 nitrogen and oxygen atoms in total. The normalized spacial score (nSPS) is 10.1. The molecule has 0 saturated carbocycles. The largest absolute Gasteiger partial charge is 0.452 e. The van der Waals surface area contributed by atoms with Gasteiger partial charge >= 0.3 is 5.97 Å². The Kier molecular flexibility index (Phi) is 6.83. The van der Waals surface area contributed by atoms with Crippen molar-refractivity contribution in [1.82, 2.24) is 5.32 Å². The van der Waals surface area contributed by atoms with Crippen molar-refractivity contribution in [1.29, 1.82) is 0 Å². The highest BCUT2D eigenvalue weighted by Crippen LogP contribution is 2.10. The topological polar surface area (TPSA) is 84.7 Å². The fraction of sp³-hybridized carbons (Fsp3) is 0.263. The van der Waals surface area contributed by atoms with Gasteiger partial charge in [-0.3, -0.25) is 4.79 Å². The summed E-state index contributed by atoms with van der Waals surface area (Å²) in [4.78, 5) is 25.6. The van der Waals surface area contributed by atoms with E-state index in [-0.39, 0.29) is 12.5 Å². The quantitative estimate of drug-likeness (QED) is 0.436. The van der Waals surface area contributed by atoms with Crippen molar-refractivity contribution in [3.63, 3.8) is 0 Å². The van der Waals surface area contributed by atoms with Gasteiger partial charge in [0.15, 0.2) is 6.61 Å². The summed E-state index contributed by atoms with van der Waals surface area (Å²) in [5.74, 6) is -0.856. The maximum absolute atomic E-state index is 11.8. The molecule has 0 aliphatic carbocycles. The summed E-state index contributed by atoms with van der Waals surface area (Å²) in [7, 11) is 2.01. The van der Waals surface area contributed by atoms with Gasteiger partial charge in [-0.2, -0.15) is 0 Å². The molecular weight excluding hydrogens is 318 g/mol. The highest BCUT2D eigenvalue weighted by atomic mass is 16.5. The second-order valence-electron chi connectivity index (χ2n) is 5.66. The minimum absolute atomic E-state index is 0.294. The molecule has 6 heteroatoms. The van der Waals surface area contributed by atoms with Crippen LogP contribution in [0.1, 0.15) is 16.8 Å². The minimum Gasteiger partial charge on any atom is -0.452 e. The fourth-order valence-corrected chi connectivity index (χ4v) is 2.24. The van der Waals surface area contributed by atoms with Crippen LogP contribution in [0.2, 0.25) is 0 Å². The van der Waals surface area contributed by atoms with Crippen LogP contribution in [0.15, 0.2) is 54.6 Å². The molecule has 0 heterocycles. The van der Waals surface area contributed by atoms with E-state index in [2.05, 4.69) is 10.2 Å². The van der Waals surface area contributed by atoms with Crippen LogP contribution in [-0.2, 0) is 9.53 Å². The lowest BCUT2D eigenvalue weighted by atomic mass is 10.2. The monoisotopic (exact) mass is 341 g/mol. The highest BCUT2D eigenvalue weighted by Gasteiger charge is 2.09. The molecule has 0 atom stereocenters. The van der Waals surface area contributed by atoms with Gasteiger partial charge in [0.25, 0.3) is 5.91 Å². The summed E-state index contributed by atoms with van der Waals surface area (Å²) in [5.41, 5.74) is 7.62. The number of nitrogens with two attached hydrogens (primary N) is 1. The maximum Gasteiger partial charge on any atom is 0.338 e. The molecule has 0 unspecified atom stereocenters. The second kappa shape index (κ2) is 9.32. The molecule has 0 radical (unpaired) electrons. The van der Waals surface area contributed by atoms with E-state index in [9.17, 15) is 9.59 Å². The smallest absolute Gasteiger partial charge is 0.338 e. The third-order valence-electron chi connectivity index (χ3n) is 3.67. The molecule has 2 aromatic carbocycles. The predicted octanol–water partition coefficient (Wildman–Crippen LogP) is 2.07. The molecule has 2 aromatic rings. The minimum atomic E-state index is -0.543. The summed E-state index contributed by atoms with van der Waals surface area (Å²) < 4.78 is 4.97. The van der Waals surface area contributed by atoms with Crippen molar-refractivity contribution in [2.45, 2.75) is 6.42 Å². The van der Waals surface area contributed by atoms with E-state index in [1.807, 2.05) is 37.4 Å². The lowest BCUT2D eigenvalue weighted by Crippen LogP contribution is -2.31. The first-order valence-electron chi connectivity index (χ1n) is 8.12. The van der Waals surface area contributed by atoms with Crippen molar-refractivity contribution in [2.75, 3.05) is 37.4 Å². The van der Waals surface area contributed by atoms with Crippen LogP contribution >= 0.6 is 0 Å². The number of hydrogen-bond acceptors (Lipinski definition) is 5. The van der Waals surface area contributed by atoms with Crippen LogP contribution in [0.4, 0.5) is 11.4 Å². The van der Waals surface area contributed by atoms with Crippen LogP contribution in [-0.4, -0.2) is 38.6 Å². The Labute approximate surface area is 147 Å². The van der Waals surface area contributed by atoms with E-state index >= 15 is 0 Å². The first-order chi connectivity index (χ1) is 12.1. The Hall–Kier alpha value is -3.02. The summed E-state index contributed by atoms with van der Waals surface area (Å²) in [5, 5.41) is 2.74. The SMILES string of the molecule is CN(CCCNC(=O)COC(=O)c1ccc(N)cc1)c1ccccc1. The van der Waals surface area contributed by atoms with E-state index in [4.69, 9.17) is 10.5 Å². The zero-order valence-corrected chi connectivity index (χ0v) is 14.3. The van der Waals surface area contributed by atoms with Gasteiger partial charge in [-0.1, -0.05) is 18.2 Å². The number of ether oxygens (including phenoxy) is 1. The first-order valence-corrected chi connectivity index (χ1v) is 8.12. The number of nitrogens with zero attached hydrogens (tertiary/aromatic N) is 1. The molecule has 25 heavy (non-hydrogen) atoms. The Morgan fingerprint density at radius 2 is 1.76 bits per heavy atom. The standard InChI is InChI=1S/C19H23N3O3/c1-22(17-6-3-2-4-7-17)13-5-12-21-18(23)14-25-19(24)15-8-10-16(20)11-9-15/h2-4,6-11H,5,12-14,20H2,1H3,(H,21,23). The zero-order chi connectivity index (χ0) is 18.1. The molecule has 0 fully saturated rings. The van der Waals surface area contributed by atoms with Gasteiger partial charge in [-0.05, 0) is 42.8 Å². The van der Waals surface area contributed by atoms with Gasteiger partial charge in [0.05, 0.1) is 5.56 Å². The molecule has 3 N–H and O–H groups in total. The number of esters is 1. The molecule has 0 aliphatic rings. The van der Waals surface area contributed by atoms with E-state index in [1.54, 1.807) is 24.3 Å². The Morgan fingerprint density at radius 3 is 2.44 bits per heavy atom. The molecule has 2 rings (SSSR count). The Bertz CT molecular complexity index is 687. The van der Waals surface area contributed by atoms with Crippen LogP contribution in [0.3, 0.4) is 0 Å². The number of para-hydroxylation sites is 1. The average Bonchev–Trinajstić information content (AvgIpc) is 2.64. The number of carbonyl (C=O) groups is 2. The van der Waals surface area contributed by atoms with Gasteiger partial charge in [0.1, 0.15) is 0 Å². The zero-order valence-electron chi connectivity index (χ0n) is 14.3. The lowest BCUT2D eigenvalue weighted by Gasteiger charge is -2.19.